The maximum absolute atomic E-state index is 5.33. The minimum Gasteiger partial charge on any atom is -0.381 e. The molecule has 0 radical (unpaired) electrons. The predicted molar refractivity (Wildman–Crippen MR) is 97.9 cm³/mol. The summed E-state index contributed by atoms with van der Waals surface area (Å²) in [6, 6.07) is 6.51. The van der Waals surface area contributed by atoms with Gasteiger partial charge in [0.2, 0.25) is 0 Å². The number of anilines is 1. The van der Waals surface area contributed by atoms with Crippen molar-refractivity contribution in [1.29, 1.82) is 0 Å². The van der Waals surface area contributed by atoms with Crippen molar-refractivity contribution in [3.8, 4) is 0 Å². The summed E-state index contributed by atoms with van der Waals surface area (Å²) in [6.45, 7) is 6.02. The second-order valence-electron chi connectivity index (χ2n) is 7.01. The van der Waals surface area contributed by atoms with Crippen LogP contribution in [0.3, 0.4) is 0 Å². The van der Waals surface area contributed by atoms with E-state index in [9.17, 15) is 0 Å². The minimum absolute atomic E-state index is 0.600. The van der Waals surface area contributed by atoms with Gasteiger partial charge in [-0.15, -0.1) is 11.3 Å². The predicted octanol–water partition coefficient (Wildman–Crippen LogP) is 3.81. The van der Waals surface area contributed by atoms with E-state index in [0.29, 0.717) is 5.92 Å². The van der Waals surface area contributed by atoms with E-state index >= 15 is 0 Å². The summed E-state index contributed by atoms with van der Waals surface area (Å²) in [6.07, 6.45) is 4.77. The summed E-state index contributed by atoms with van der Waals surface area (Å²) in [5.74, 6) is 3.49. The summed E-state index contributed by atoms with van der Waals surface area (Å²) in [7, 11) is 0. The van der Waals surface area contributed by atoms with E-state index in [-0.39, 0.29) is 0 Å². The lowest BCUT2D eigenvalue weighted by Gasteiger charge is -2.30. The monoisotopic (exact) mass is 343 g/mol. The van der Waals surface area contributed by atoms with Crippen LogP contribution < -0.4 is 4.90 Å². The van der Waals surface area contributed by atoms with Gasteiger partial charge in [-0.05, 0) is 44.1 Å². The Morgan fingerprint density at radius 2 is 2.12 bits per heavy atom. The lowest BCUT2D eigenvalue weighted by molar-refractivity contribution is -0.0344. The van der Waals surface area contributed by atoms with Crippen LogP contribution >= 0.6 is 11.3 Å². The first-order valence-corrected chi connectivity index (χ1v) is 9.86. The lowest BCUT2D eigenvalue weighted by Crippen LogP contribution is -2.34. The molecule has 2 fully saturated rings. The number of hydrogen-bond acceptors (Lipinski definition) is 5. The smallest absolute Gasteiger partial charge is 0.134 e. The van der Waals surface area contributed by atoms with Gasteiger partial charge in [0.1, 0.15) is 11.6 Å². The van der Waals surface area contributed by atoms with Crippen LogP contribution in [0.2, 0.25) is 0 Å². The summed E-state index contributed by atoms with van der Waals surface area (Å²) >= 11 is 1.84. The lowest BCUT2D eigenvalue weighted by atomic mass is 10.0. The topological polar surface area (TPSA) is 38.2 Å². The number of aryl methyl sites for hydroxylation is 1. The molecule has 2 aromatic rings. The average molecular weight is 343 g/mol. The normalized spacial score (nSPS) is 17.7. The van der Waals surface area contributed by atoms with E-state index < -0.39 is 0 Å². The Morgan fingerprint density at radius 3 is 2.79 bits per heavy atom. The summed E-state index contributed by atoms with van der Waals surface area (Å²) < 4.78 is 5.33. The fourth-order valence-electron chi connectivity index (χ4n) is 3.09. The van der Waals surface area contributed by atoms with Crippen molar-refractivity contribution in [3.63, 3.8) is 0 Å². The first-order chi connectivity index (χ1) is 11.8. The number of rotatable bonds is 8. The van der Waals surface area contributed by atoms with Gasteiger partial charge in [-0.1, -0.05) is 6.07 Å². The fourth-order valence-corrected chi connectivity index (χ4v) is 3.79. The molecule has 2 aromatic heterocycles. The Bertz CT molecular complexity index is 665. The van der Waals surface area contributed by atoms with Gasteiger partial charge in [0.05, 0.1) is 13.2 Å². The van der Waals surface area contributed by atoms with Gasteiger partial charge >= 0.3 is 0 Å². The molecule has 0 amide bonds. The largest absolute Gasteiger partial charge is 0.381 e. The molecule has 4 nitrogen and oxygen atoms in total. The maximum atomic E-state index is 5.33. The Hall–Kier alpha value is -1.46. The van der Waals surface area contributed by atoms with E-state index in [1.807, 2.05) is 11.3 Å². The Labute approximate surface area is 147 Å². The molecule has 128 valence electrons. The Kier molecular flexibility index (Phi) is 4.81. The van der Waals surface area contributed by atoms with Crippen molar-refractivity contribution in [3.05, 3.63) is 40.0 Å². The van der Waals surface area contributed by atoms with Crippen molar-refractivity contribution in [1.82, 2.24) is 9.97 Å². The quantitative estimate of drug-likeness (QED) is 0.730. The van der Waals surface area contributed by atoms with Crippen LogP contribution in [-0.4, -0.2) is 36.3 Å². The van der Waals surface area contributed by atoms with E-state index in [1.54, 1.807) is 0 Å². The third-order valence-electron chi connectivity index (χ3n) is 4.85. The van der Waals surface area contributed by atoms with Crippen LogP contribution in [0.4, 0.5) is 5.82 Å². The van der Waals surface area contributed by atoms with Crippen molar-refractivity contribution < 1.29 is 4.74 Å². The highest BCUT2D eigenvalue weighted by molar-refractivity contribution is 7.09. The number of thiophene rings is 1. The highest BCUT2D eigenvalue weighted by atomic mass is 32.1. The number of nitrogens with zero attached hydrogens (tertiary/aromatic N) is 3. The van der Waals surface area contributed by atoms with Crippen molar-refractivity contribution in [2.45, 2.75) is 38.5 Å². The number of hydrogen-bond donors (Lipinski definition) is 0. The molecule has 3 heterocycles. The molecule has 0 unspecified atom stereocenters. The molecule has 5 heteroatoms. The van der Waals surface area contributed by atoms with Crippen LogP contribution in [0.25, 0.3) is 0 Å². The van der Waals surface area contributed by atoms with E-state index in [0.717, 1.165) is 56.0 Å². The number of aromatic nitrogens is 2. The van der Waals surface area contributed by atoms with Crippen LogP contribution in [0.1, 0.15) is 41.6 Å². The first-order valence-electron chi connectivity index (χ1n) is 8.98. The van der Waals surface area contributed by atoms with Gasteiger partial charge in [0.15, 0.2) is 0 Å². The molecule has 0 N–H and O–H groups in total. The molecule has 1 saturated heterocycles. The van der Waals surface area contributed by atoms with Gasteiger partial charge in [0, 0.05) is 41.6 Å². The van der Waals surface area contributed by atoms with Gasteiger partial charge in [-0.2, -0.15) is 0 Å². The van der Waals surface area contributed by atoms with Crippen molar-refractivity contribution in [2.75, 3.05) is 31.2 Å². The zero-order chi connectivity index (χ0) is 16.4. The Morgan fingerprint density at radius 1 is 1.25 bits per heavy atom. The van der Waals surface area contributed by atoms with Gasteiger partial charge in [-0.3, -0.25) is 0 Å². The van der Waals surface area contributed by atoms with E-state index in [4.69, 9.17) is 9.72 Å². The second kappa shape index (κ2) is 7.19. The summed E-state index contributed by atoms with van der Waals surface area (Å²) in [4.78, 5) is 13.5. The summed E-state index contributed by atoms with van der Waals surface area (Å²) in [5, 5.41) is 2.16. The number of ether oxygens (including phenoxy) is 1. The van der Waals surface area contributed by atoms with Gasteiger partial charge in [-0.25, -0.2) is 9.97 Å². The van der Waals surface area contributed by atoms with Crippen LogP contribution in [0, 0.1) is 12.8 Å². The molecular formula is C19H25N3OS. The van der Waals surface area contributed by atoms with Gasteiger partial charge < -0.3 is 9.64 Å². The van der Waals surface area contributed by atoms with Crippen LogP contribution in [-0.2, 0) is 11.2 Å². The summed E-state index contributed by atoms with van der Waals surface area (Å²) in [5.41, 5.74) is 1.09. The highest BCUT2D eigenvalue weighted by Crippen LogP contribution is 2.38. The highest BCUT2D eigenvalue weighted by Gasteiger charge is 2.28. The molecular weight excluding hydrogens is 318 g/mol. The van der Waals surface area contributed by atoms with Gasteiger partial charge in [0.25, 0.3) is 0 Å². The molecule has 1 saturated carbocycles. The maximum Gasteiger partial charge on any atom is 0.134 e. The van der Waals surface area contributed by atoms with E-state index in [2.05, 4.69) is 40.4 Å². The molecule has 0 atom stereocenters. The molecule has 1 aliphatic carbocycles. The fraction of sp³-hybridized carbons (Fsp3) is 0.579. The molecule has 24 heavy (non-hydrogen) atoms. The third kappa shape index (κ3) is 3.95. The average Bonchev–Trinajstić information content (AvgIpc) is 3.25. The molecule has 2 aliphatic rings. The molecule has 0 aromatic carbocycles. The second-order valence-corrected chi connectivity index (χ2v) is 8.04. The van der Waals surface area contributed by atoms with Crippen LogP contribution in [0.5, 0.6) is 0 Å². The standard InChI is InChI=1S/C19H25N3OS/c1-14-11-18(21-19(20-14)16-4-5-16)22(8-6-15-12-23-13-15)9-7-17-3-2-10-24-17/h2-3,10-11,15-16H,4-9,12-13H2,1H3. The third-order valence-corrected chi connectivity index (χ3v) is 5.78. The van der Waals surface area contributed by atoms with Crippen molar-refractivity contribution >= 4 is 17.2 Å². The van der Waals surface area contributed by atoms with Crippen LogP contribution in [0.15, 0.2) is 23.6 Å². The molecule has 0 bridgehead atoms. The van der Waals surface area contributed by atoms with Crippen molar-refractivity contribution in [2.24, 2.45) is 5.92 Å². The SMILES string of the molecule is Cc1cc(N(CCc2cccs2)CCC2COC2)nc(C2CC2)n1. The first kappa shape index (κ1) is 16.0. The minimum atomic E-state index is 0.600. The molecule has 0 spiro atoms. The molecule has 4 rings (SSSR count). The molecule has 1 aliphatic heterocycles. The Balaban J connectivity index is 1.48. The zero-order valence-corrected chi connectivity index (χ0v) is 15.1. The zero-order valence-electron chi connectivity index (χ0n) is 14.3. The van der Waals surface area contributed by atoms with E-state index in [1.165, 1.54) is 24.1 Å².